The van der Waals surface area contributed by atoms with Crippen molar-refractivity contribution in [1.29, 1.82) is 0 Å². The molecule has 0 saturated carbocycles. The molecule has 3 heterocycles. The van der Waals surface area contributed by atoms with Gasteiger partial charge in [-0.1, -0.05) is 0 Å². The summed E-state index contributed by atoms with van der Waals surface area (Å²) in [4.78, 5) is 11.9. The lowest BCUT2D eigenvalue weighted by Gasteiger charge is -1.94. The summed E-state index contributed by atoms with van der Waals surface area (Å²) in [5, 5.41) is 4.16. The topological polar surface area (TPSA) is 59.4 Å². The molecule has 0 radical (unpaired) electrons. The fourth-order valence-electron chi connectivity index (χ4n) is 1.76. The summed E-state index contributed by atoms with van der Waals surface area (Å²) in [5.74, 6) is 0. The monoisotopic (exact) mass is 213 g/mol. The molecule has 80 valence electrons. The summed E-state index contributed by atoms with van der Waals surface area (Å²) in [7, 11) is 1.90. The Hall–Kier alpha value is -2.17. The summed E-state index contributed by atoms with van der Waals surface area (Å²) in [6.45, 7) is 1.94. The minimum Gasteiger partial charge on any atom is -0.344 e. The number of aryl methyl sites for hydroxylation is 2. The van der Waals surface area contributed by atoms with Crippen LogP contribution < -0.4 is 0 Å². The smallest absolute Gasteiger partial charge is 0.156 e. The molecule has 0 aliphatic carbocycles. The van der Waals surface area contributed by atoms with E-state index < -0.39 is 0 Å². The summed E-state index contributed by atoms with van der Waals surface area (Å²) in [5.41, 5.74) is 4.71. The van der Waals surface area contributed by atoms with Crippen molar-refractivity contribution in [3.63, 3.8) is 0 Å². The number of H-pyrrole nitrogens is 1. The zero-order chi connectivity index (χ0) is 11.1. The van der Waals surface area contributed by atoms with E-state index in [0.29, 0.717) is 0 Å². The molecule has 0 amide bonds. The number of nitrogens with zero attached hydrogens (tertiary/aromatic N) is 4. The summed E-state index contributed by atoms with van der Waals surface area (Å²) >= 11 is 0. The fraction of sp³-hybridized carbons (Fsp3) is 0.182. The molecule has 0 aliphatic heterocycles. The lowest BCUT2D eigenvalue weighted by Crippen LogP contribution is -1.86. The van der Waals surface area contributed by atoms with Gasteiger partial charge in [0.15, 0.2) is 5.65 Å². The second kappa shape index (κ2) is 3.16. The average Bonchev–Trinajstić information content (AvgIpc) is 2.83. The maximum absolute atomic E-state index is 4.49. The lowest BCUT2D eigenvalue weighted by atomic mass is 10.2. The predicted molar refractivity (Wildman–Crippen MR) is 60.8 cm³/mol. The molecule has 0 saturated heterocycles. The van der Waals surface area contributed by atoms with Crippen molar-refractivity contribution in [2.75, 3.05) is 0 Å². The number of aromatic amines is 1. The highest BCUT2D eigenvalue weighted by atomic mass is 15.2. The lowest BCUT2D eigenvalue weighted by molar-refractivity contribution is 0.768. The Morgan fingerprint density at radius 3 is 2.94 bits per heavy atom. The first kappa shape index (κ1) is 9.08. The Bertz CT molecular complexity index is 649. The van der Waals surface area contributed by atoms with Crippen molar-refractivity contribution in [2.24, 2.45) is 7.05 Å². The zero-order valence-electron chi connectivity index (χ0n) is 9.10. The molecular weight excluding hydrogens is 202 g/mol. The number of hydrogen-bond acceptors (Lipinski definition) is 3. The molecule has 3 aromatic rings. The third-order valence-corrected chi connectivity index (χ3v) is 2.52. The highest BCUT2D eigenvalue weighted by molar-refractivity contribution is 5.89. The van der Waals surface area contributed by atoms with Crippen LogP contribution in [-0.4, -0.2) is 24.7 Å². The van der Waals surface area contributed by atoms with E-state index in [4.69, 9.17) is 0 Å². The number of nitrogens with one attached hydrogen (secondary N) is 1. The van der Waals surface area contributed by atoms with Gasteiger partial charge in [-0.15, -0.1) is 0 Å². The molecule has 0 aliphatic rings. The van der Waals surface area contributed by atoms with Crippen LogP contribution in [0.2, 0.25) is 0 Å². The Balaban J connectivity index is 2.27. The van der Waals surface area contributed by atoms with Gasteiger partial charge < -0.3 is 4.98 Å². The van der Waals surface area contributed by atoms with Crippen LogP contribution in [0, 0.1) is 6.92 Å². The molecule has 1 N–H and O–H groups in total. The van der Waals surface area contributed by atoms with Gasteiger partial charge in [0.25, 0.3) is 0 Å². The normalized spacial score (nSPS) is 11.1. The van der Waals surface area contributed by atoms with Gasteiger partial charge in [0, 0.05) is 30.6 Å². The van der Waals surface area contributed by atoms with Gasteiger partial charge in [-0.25, -0.2) is 9.97 Å². The average molecular weight is 213 g/mol. The quantitative estimate of drug-likeness (QED) is 0.668. The molecule has 3 rings (SSSR count). The van der Waals surface area contributed by atoms with E-state index in [9.17, 15) is 0 Å². The third kappa shape index (κ3) is 1.29. The first-order chi connectivity index (χ1) is 7.74. The van der Waals surface area contributed by atoms with Gasteiger partial charge in [-0.05, 0) is 6.92 Å². The first-order valence-electron chi connectivity index (χ1n) is 5.04. The van der Waals surface area contributed by atoms with Gasteiger partial charge in [-0.3, -0.25) is 4.68 Å². The van der Waals surface area contributed by atoms with Crippen molar-refractivity contribution in [3.05, 3.63) is 30.5 Å². The van der Waals surface area contributed by atoms with E-state index in [1.54, 1.807) is 10.9 Å². The highest BCUT2D eigenvalue weighted by Gasteiger charge is 2.09. The van der Waals surface area contributed by atoms with E-state index in [2.05, 4.69) is 20.1 Å². The number of rotatable bonds is 1. The van der Waals surface area contributed by atoms with Crippen LogP contribution in [0.25, 0.3) is 22.3 Å². The summed E-state index contributed by atoms with van der Waals surface area (Å²) in [6, 6.07) is 0. The molecule has 3 aromatic heterocycles. The number of hydrogen-bond donors (Lipinski definition) is 1. The van der Waals surface area contributed by atoms with Crippen LogP contribution in [0.3, 0.4) is 0 Å². The molecule has 0 atom stereocenters. The van der Waals surface area contributed by atoms with Crippen molar-refractivity contribution in [3.8, 4) is 11.1 Å². The minimum atomic E-state index is 0.810. The Morgan fingerprint density at radius 2 is 2.19 bits per heavy atom. The molecule has 0 aromatic carbocycles. The van der Waals surface area contributed by atoms with E-state index in [1.807, 2.05) is 32.6 Å². The van der Waals surface area contributed by atoms with E-state index >= 15 is 0 Å². The Kier molecular flexibility index (Phi) is 1.80. The molecule has 0 fully saturated rings. The zero-order valence-corrected chi connectivity index (χ0v) is 9.10. The molecule has 5 heteroatoms. The maximum atomic E-state index is 4.49. The summed E-state index contributed by atoms with van der Waals surface area (Å²) in [6.07, 6.45) is 7.46. The molecule has 5 nitrogen and oxygen atoms in total. The van der Waals surface area contributed by atoms with Gasteiger partial charge in [0.2, 0.25) is 0 Å². The second-order valence-electron chi connectivity index (χ2n) is 3.81. The molecule has 0 spiro atoms. The molecular formula is C11H11N5. The Morgan fingerprint density at radius 1 is 1.31 bits per heavy atom. The molecule has 0 bridgehead atoms. The highest BCUT2D eigenvalue weighted by Crippen LogP contribution is 2.25. The number of fused-ring (bicyclic) bond motifs is 1. The van der Waals surface area contributed by atoms with Crippen molar-refractivity contribution < 1.29 is 0 Å². The van der Waals surface area contributed by atoms with Crippen LogP contribution >= 0.6 is 0 Å². The van der Waals surface area contributed by atoms with Crippen molar-refractivity contribution >= 4 is 11.2 Å². The third-order valence-electron chi connectivity index (χ3n) is 2.52. The van der Waals surface area contributed by atoms with Crippen LogP contribution in [-0.2, 0) is 7.05 Å². The van der Waals surface area contributed by atoms with Crippen LogP contribution in [0.1, 0.15) is 5.69 Å². The van der Waals surface area contributed by atoms with E-state index in [1.165, 1.54) is 0 Å². The predicted octanol–water partition coefficient (Wildman–Crippen LogP) is 1.67. The van der Waals surface area contributed by atoms with Crippen LogP contribution in [0.15, 0.2) is 24.8 Å². The van der Waals surface area contributed by atoms with Crippen molar-refractivity contribution in [2.45, 2.75) is 6.92 Å². The summed E-state index contributed by atoms with van der Waals surface area (Å²) < 4.78 is 1.78. The molecule has 0 unspecified atom stereocenters. The maximum Gasteiger partial charge on any atom is 0.156 e. The molecule has 16 heavy (non-hydrogen) atoms. The van der Waals surface area contributed by atoms with Gasteiger partial charge in [-0.2, -0.15) is 5.10 Å². The first-order valence-corrected chi connectivity index (χ1v) is 5.04. The SMILES string of the molecule is Cc1cnc2[nH]cc(-c3cnn(C)c3)c2n1. The van der Waals surface area contributed by atoms with E-state index in [-0.39, 0.29) is 0 Å². The van der Waals surface area contributed by atoms with E-state index in [0.717, 1.165) is 28.0 Å². The Labute approximate surface area is 92.2 Å². The fourth-order valence-corrected chi connectivity index (χ4v) is 1.76. The second-order valence-corrected chi connectivity index (χ2v) is 3.81. The van der Waals surface area contributed by atoms with Crippen LogP contribution in [0.5, 0.6) is 0 Å². The largest absolute Gasteiger partial charge is 0.344 e. The minimum absolute atomic E-state index is 0.810. The van der Waals surface area contributed by atoms with Gasteiger partial charge in [0.05, 0.1) is 18.1 Å². The standard InChI is InChI=1S/C11H11N5/c1-7-3-12-11-10(15-7)9(5-13-11)8-4-14-16(2)6-8/h3-6H,1-2H3,(H,12,13). The number of aromatic nitrogens is 5. The van der Waals surface area contributed by atoms with Crippen LogP contribution in [0.4, 0.5) is 0 Å². The van der Waals surface area contributed by atoms with Gasteiger partial charge in [0.1, 0.15) is 5.52 Å². The van der Waals surface area contributed by atoms with Gasteiger partial charge >= 0.3 is 0 Å². The van der Waals surface area contributed by atoms with Crippen molar-refractivity contribution in [1.82, 2.24) is 24.7 Å².